The fraction of sp³-hybridized carbons (Fsp3) is 0.444. The van der Waals surface area contributed by atoms with Crippen molar-refractivity contribution in [2.75, 3.05) is 33.6 Å². The number of alkyl halides is 3. The Morgan fingerprint density at radius 1 is 1.16 bits per heavy atom. The Kier molecular flexibility index (Phi) is 7.18. The van der Waals surface area contributed by atoms with Gasteiger partial charge in [0.1, 0.15) is 18.2 Å². The summed E-state index contributed by atoms with van der Waals surface area (Å²) in [4.78, 5) is 14.1. The summed E-state index contributed by atoms with van der Waals surface area (Å²) in [6.45, 7) is 6.59. The number of benzene rings is 2. The van der Waals surface area contributed by atoms with Gasteiger partial charge in [-0.25, -0.2) is 4.79 Å². The molecular weight excluding hydrogens is 555 g/mol. The van der Waals surface area contributed by atoms with Gasteiger partial charge in [0.15, 0.2) is 23.0 Å². The number of carbonyl (C=O) groups excluding carboxylic acids is 1. The first kappa shape index (κ1) is 26.9. The molecule has 11 heteroatoms. The maximum atomic E-state index is 12.0. The maximum absolute atomic E-state index is 12.0. The van der Waals surface area contributed by atoms with Crippen LogP contribution in [0.5, 0.6) is 23.0 Å². The molecule has 0 fully saturated rings. The van der Waals surface area contributed by atoms with Crippen LogP contribution >= 0.6 is 34.8 Å². The predicted octanol–water partition coefficient (Wildman–Crippen LogP) is 6.11. The molecule has 2 aromatic carbocycles. The largest absolute Gasteiger partial charge is 0.493 e. The lowest BCUT2D eigenvalue weighted by atomic mass is 9.86. The fourth-order valence-electron chi connectivity index (χ4n) is 4.95. The molecular formula is C27H29Cl3N2O6. The molecule has 204 valence electrons. The highest BCUT2D eigenvalue weighted by Crippen LogP contribution is 2.56. The number of carbonyl (C=O) groups is 1. The normalized spacial score (nSPS) is 17.6. The Bertz CT molecular complexity index is 1290. The molecule has 3 heterocycles. The molecule has 0 aliphatic carbocycles. The molecule has 0 radical (unpaired) electrons. The number of alkyl carbamates (subject to hydrolysis) is 1. The van der Waals surface area contributed by atoms with Crippen LogP contribution in [0.1, 0.15) is 49.1 Å². The van der Waals surface area contributed by atoms with Crippen molar-refractivity contribution in [2.45, 2.75) is 42.6 Å². The number of methoxy groups -OCH3 is 1. The molecule has 0 spiro atoms. The van der Waals surface area contributed by atoms with Crippen LogP contribution in [0.15, 0.2) is 24.3 Å². The summed E-state index contributed by atoms with van der Waals surface area (Å²) in [6.07, 6.45) is 2.27. The first-order valence-corrected chi connectivity index (χ1v) is 13.4. The van der Waals surface area contributed by atoms with E-state index in [1.54, 1.807) is 27.9 Å². The van der Waals surface area contributed by atoms with E-state index in [1.807, 2.05) is 24.3 Å². The summed E-state index contributed by atoms with van der Waals surface area (Å²) >= 11 is 20.0. The number of ether oxygens (including phenoxy) is 5. The summed E-state index contributed by atoms with van der Waals surface area (Å²) in [5, 5.41) is 2.70. The van der Waals surface area contributed by atoms with Gasteiger partial charge in [-0.1, -0.05) is 40.9 Å². The Morgan fingerprint density at radius 3 is 2.58 bits per heavy atom. The number of rotatable bonds is 5. The van der Waals surface area contributed by atoms with Gasteiger partial charge < -0.3 is 33.9 Å². The Balaban J connectivity index is 1.50. The first-order chi connectivity index (χ1) is 18.0. The summed E-state index contributed by atoms with van der Waals surface area (Å²) < 4.78 is 26.6. The van der Waals surface area contributed by atoms with Crippen molar-refractivity contribution in [3.05, 3.63) is 46.5 Å². The third-order valence-corrected chi connectivity index (χ3v) is 7.04. The van der Waals surface area contributed by atoms with Crippen LogP contribution in [0.2, 0.25) is 0 Å². The minimum absolute atomic E-state index is 0.154. The summed E-state index contributed by atoms with van der Waals surface area (Å²) in [5.74, 6) is 2.39. The predicted molar refractivity (Wildman–Crippen MR) is 147 cm³/mol. The molecule has 0 aromatic heterocycles. The molecule has 2 aromatic rings. The van der Waals surface area contributed by atoms with E-state index in [0.717, 1.165) is 34.6 Å². The van der Waals surface area contributed by atoms with Crippen molar-refractivity contribution in [1.29, 1.82) is 0 Å². The van der Waals surface area contributed by atoms with E-state index in [2.05, 4.69) is 16.3 Å². The number of amides is 1. The van der Waals surface area contributed by atoms with Crippen LogP contribution in [0.3, 0.4) is 0 Å². The second kappa shape index (κ2) is 10.1. The van der Waals surface area contributed by atoms with Gasteiger partial charge in [-0.3, -0.25) is 0 Å². The first-order valence-electron chi connectivity index (χ1n) is 12.2. The number of nitrogens with one attached hydrogen (secondary N) is 1. The maximum Gasteiger partial charge on any atom is 0.407 e. The molecule has 5 rings (SSSR count). The van der Waals surface area contributed by atoms with Crippen LogP contribution in [0.25, 0.3) is 11.8 Å². The third-order valence-electron chi connectivity index (χ3n) is 6.42. The van der Waals surface area contributed by atoms with Gasteiger partial charge in [-0.15, -0.1) is 0 Å². The van der Waals surface area contributed by atoms with Gasteiger partial charge in [0.25, 0.3) is 0 Å². The molecule has 3 aliphatic heterocycles. The molecule has 1 amide bonds. The second-order valence-corrected chi connectivity index (χ2v) is 12.5. The molecule has 38 heavy (non-hydrogen) atoms. The molecule has 3 aliphatic rings. The number of nitrogens with zero attached hydrogens (tertiary/aromatic N) is 1. The quantitative estimate of drug-likeness (QED) is 0.336. The van der Waals surface area contributed by atoms with Gasteiger partial charge in [-0.05, 0) is 62.6 Å². The number of hydrogen-bond donors (Lipinski definition) is 1. The van der Waals surface area contributed by atoms with Gasteiger partial charge in [0.05, 0.1) is 13.7 Å². The van der Waals surface area contributed by atoms with Crippen LogP contribution in [-0.2, 0) is 11.2 Å². The molecule has 1 N–H and O–H groups in total. The van der Waals surface area contributed by atoms with Crippen molar-refractivity contribution in [2.24, 2.45) is 0 Å². The van der Waals surface area contributed by atoms with Crippen LogP contribution < -0.4 is 24.3 Å². The number of fused-ring (bicyclic) bond motifs is 5. The van der Waals surface area contributed by atoms with E-state index in [-0.39, 0.29) is 19.9 Å². The van der Waals surface area contributed by atoms with E-state index in [9.17, 15) is 4.79 Å². The van der Waals surface area contributed by atoms with Crippen LogP contribution in [0.4, 0.5) is 4.79 Å². The molecule has 0 saturated heterocycles. The van der Waals surface area contributed by atoms with Crippen molar-refractivity contribution < 1.29 is 28.5 Å². The second-order valence-electron chi connectivity index (χ2n) is 10.2. The van der Waals surface area contributed by atoms with Crippen molar-refractivity contribution in [3.63, 3.8) is 0 Å². The van der Waals surface area contributed by atoms with Gasteiger partial charge in [0.2, 0.25) is 10.6 Å². The van der Waals surface area contributed by atoms with E-state index in [1.165, 1.54) is 0 Å². The topological polar surface area (TPSA) is 78.5 Å². The van der Waals surface area contributed by atoms with E-state index >= 15 is 0 Å². The monoisotopic (exact) mass is 582 g/mol. The molecule has 0 bridgehead atoms. The molecule has 0 unspecified atom stereocenters. The molecule has 8 nitrogen and oxygen atoms in total. The lowest BCUT2D eigenvalue weighted by Gasteiger charge is -2.45. The van der Waals surface area contributed by atoms with E-state index < -0.39 is 21.5 Å². The van der Waals surface area contributed by atoms with Crippen LogP contribution in [-0.4, -0.2) is 54.0 Å². The fourth-order valence-corrected chi connectivity index (χ4v) is 5.63. The third kappa shape index (κ3) is 5.26. The minimum atomic E-state index is -1.69. The Labute approximate surface area is 236 Å². The average molecular weight is 584 g/mol. The summed E-state index contributed by atoms with van der Waals surface area (Å²) in [7, 11) is 1.56. The Hall–Kier alpha value is -2.68. The highest BCUT2D eigenvalue weighted by Gasteiger charge is 2.46. The summed E-state index contributed by atoms with van der Waals surface area (Å²) in [5.41, 5.74) is 4.02. The van der Waals surface area contributed by atoms with Gasteiger partial charge in [0, 0.05) is 23.4 Å². The number of hydrogen-bond acceptors (Lipinski definition) is 7. The minimum Gasteiger partial charge on any atom is -0.493 e. The highest BCUT2D eigenvalue weighted by atomic mass is 35.6. The van der Waals surface area contributed by atoms with Gasteiger partial charge in [-0.2, -0.15) is 0 Å². The van der Waals surface area contributed by atoms with E-state index in [0.29, 0.717) is 29.4 Å². The van der Waals surface area contributed by atoms with Crippen LogP contribution in [0, 0.1) is 0 Å². The smallest absolute Gasteiger partial charge is 0.407 e. The zero-order chi connectivity index (χ0) is 27.2. The zero-order valence-electron chi connectivity index (χ0n) is 21.5. The molecule has 0 saturated carbocycles. The number of halogens is 3. The van der Waals surface area contributed by atoms with Crippen molar-refractivity contribution in [3.8, 4) is 23.0 Å². The lowest BCUT2D eigenvalue weighted by molar-refractivity contribution is 0.0520. The van der Waals surface area contributed by atoms with Gasteiger partial charge >= 0.3 is 6.09 Å². The molecule has 1 atom stereocenters. The van der Waals surface area contributed by atoms with Crippen molar-refractivity contribution in [1.82, 2.24) is 10.2 Å². The lowest BCUT2D eigenvalue weighted by Crippen LogP contribution is -2.41. The Morgan fingerprint density at radius 2 is 1.89 bits per heavy atom. The van der Waals surface area contributed by atoms with E-state index in [4.69, 9.17) is 58.5 Å². The summed E-state index contributed by atoms with van der Waals surface area (Å²) in [6, 6.07) is 7.09. The SMILES string of the molecule is COc1ccc2c(c1OCCNC(=O)OC(C)(C)C)[C@@H](C(Cl)(Cl)Cl)N1CCc3cc4c(cc3C1=C2)OCO4. The standard InChI is InChI=1S/C27H29Cl3N2O6/c1-26(2,3)38-25(33)31-8-10-35-23-19(34-4)6-5-16-11-18-17-13-21-20(36-14-37-21)12-15(17)7-9-32(18)24(22(16)23)27(28,29)30/h5-6,11-13,24H,7-10,14H2,1-4H3,(H,31,33)/t24-/m0/s1. The highest BCUT2D eigenvalue weighted by molar-refractivity contribution is 6.68. The van der Waals surface area contributed by atoms with Crippen molar-refractivity contribution >= 4 is 52.7 Å². The zero-order valence-corrected chi connectivity index (χ0v) is 23.8. The average Bonchev–Trinajstić information content (AvgIpc) is 3.29.